The van der Waals surface area contributed by atoms with Gasteiger partial charge < -0.3 is 4.90 Å². The third-order valence-electron chi connectivity index (χ3n) is 14.8. The van der Waals surface area contributed by atoms with Gasteiger partial charge in [0.25, 0.3) is 0 Å². The van der Waals surface area contributed by atoms with Crippen molar-refractivity contribution >= 4 is 56.7 Å². The summed E-state index contributed by atoms with van der Waals surface area (Å²) in [5.74, 6) is 0. The van der Waals surface area contributed by atoms with Crippen LogP contribution in [0.2, 0.25) is 0 Å². The molecule has 0 radical (unpaired) electrons. The minimum atomic E-state index is -2.79. The maximum Gasteiger partial charge on any atom is 0.182 e. The fourth-order valence-electron chi connectivity index (χ4n) is 12.5. The molecule has 0 unspecified atom stereocenters. The quantitative estimate of drug-likeness (QED) is 0.150. The number of hydrogen-bond acceptors (Lipinski definition) is 1. The molecule has 2 heteroatoms. The molecule has 9 aromatic rings. The highest BCUT2D eigenvalue weighted by Gasteiger charge is 2.56. The summed E-state index contributed by atoms with van der Waals surface area (Å²) in [4.78, 5) is 2.64. The molecule has 3 heterocycles. The molecular formula is C58H43NSi. The predicted octanol–water partition coefficient (Wildman–Crippen LogP) is 11.6. The largest absolute Gasteiger partial charge is 0.309 e. The molecule has 2 spiro atoms. The molecule has 0 N–H and O–H groups in total. The number of benzene rings is 9. The monoisotopic (exact) mass is 781 g/mol. The maximum atomic E-state index is 2.66. The lowest BCUT2D eigenvalue weighted by Gasteiger charge is -2.52. The summed E-state index contributed by atoms with van der Waals surface area (Å²) in [6.45, 7) is 9.34. The van der Waals surface area contributed by atoms with E-state index < -0.39 is 13.5 Å². The van der Waals surface area contributed by atoms with Crippen molar-refractivity contribution in [1.82, 2.24) is 0 Å². The lowest BCUT2D eigenvalue weighted by atomic mass is 9.53. The first-order valence-corrected chi connectivity index (χ1v) is 23.4. The molecule has 0 amide bonds. The number of anilines is 3. The van der Waals surface area contributed by atoms with Gasteiger partial charge in [-0.2, -0.15) is 0 Å². The molecule has 13 rings (SSSR count). The van der Waals surface area contributed by atoms with Crippen LogP contribution in [-0.2, 0) is 10.8 Å². The average molecular weight is 782 g/mol. The molecule has 0 bridgehead atoms. The van der Waals surface area contributed by atoms with E-state index in [-0.39, 0.29) is 5.41 Å². The Kier molecular flexibility index (Phi) is 6.67. The van der Waals surface area contributed by atoms with Crippen molar-refractivity contribution < 1.29 is 0 Å². The Hall–Kier alpha value is -6.74. The molecule has 0 aromatic heterocycles. The summed E-state index contributed by atoms with van der Waals surface area (Å²) in [5.41, 5.74) is 19.4. The Morgan fingerprint density at radius 3 is 1.42 bits per heavy atom. The highest BCUT2D eigenvalue weighted by Crippen LogP contribution is 2.63. The average Bonchev–Trinajstić information content (AvgIpc) is 3.74. The van der Waals surface area contributed by atoms with Gasteiger partial charge in [0.1, 0.15) is 0 Å². The normalized spacial score (nSPS) is 16.0. The van der Waals surface area contributed by atoms with Gasteiger partial charge in [-0.1, -0.05) is 195 Å². The molecule has 0 saturated heterocycles. The first-order chi connectivity index (χ1) is 29.4. The minimum Gasteiger partial charge on any atom is -0.309 e. The first-order valence-electron chi connectivity index (χ1n) is 21.4. The van der Waals surface area contributed by atoms with Gasteiger partial charge >= 0.3 is 0 Å². The topological polar surface area (TPSA) is 3.24 Å². The van der Waals surface area contributed by atoms with Gasteiger partial charge in [0, 0.05) is 10.8 Å². The number of aryl methyl sites for hydroxylation is 2. The molecule has 60 heavy (non-hydrogen) atoms. The smallest absolute Gasteiger partial charge is 0.182 e. The molecule has 0 fully saturated rings. The van der Waals surface area contributed by atoms with Crippen molar-refractivity contribution in [3.8, 4) is 22.3 Å². The summed E-state index contributed by atoms with van der Waals surface area (Å²) < 4.78 is 0. The van der Waals surface area contributed by atoms with Crippen LogP contribution < -0.4 is 25.6 Å². The van der Waals surface area contributed by atoms with Crippen molar-refractivity contribution in [3.63, 3.8) is 0 Å². The molecule has 4 aliphatic rings. The van der Waals surface area contributed by atoms with E-state index in [1.54, 1.807) is 0 Å². The molecule has 3 aliphatic heterocycles. The summed E-state index contributed by atoms with van der Waals surface area (Å²) in [5, 5.41) is 8.64. The van der Waals surface area contributed by atoms with Crippen molar-refractivity contribution in [2.45, 2.75) is 38.5 Å². The number of rotatable bonds is 1. The van der Waals surface area contributed by atoms with Crippen LogP contribution in [0.1, 0.15) is 58.4 Å². The van der Waals surface area contributed by atoms with Crippen molar-refractivity contribution in [2.75, 3.05) is 4.90 Å². The second kappa shape index (κ2) is 11.7. The molecular weight excluding hydrogens is 739 g/mol. The maximum absolute atomic E-state index is 2.79. The van der Waals surface area contributed by atoms with E-state index in [9.17, 15) is 0 Å². The van der Waals surface area contributed by atoms with Crippen LogP contribution >= 0.6 is 0 Å². The van der Waals surface area contributed by atoms with E-state index in [1.165, 1.54) is 115 Å². The fourth-order valence-corrected chi connectivity index (χ4v) is 18.3. The zero-order chi connectivity index (χ0) is 40.1. The lowest BCUT2D eigenvalue weighted by Crippen LogP contribution is -2.70. The highest BCUT2D eigenvalue weighted by molar-refractivity contribution is 7.24. The number of para-hydroxylation sites is 2. The minimum absolute atomic E-state index is 0.159. The van der Waals surface area contributed by atoms with Gasteiger partial charge in [-0.25, -0.2) is 0 Å². The van der Waals surface area contributed by atoms with Gasteiger partial charge in [0.15, 0.2) is 8.07 Å². The number of fused-ring (bicyclic) bond motifs is 20. The second-order valence-corrected chi connectivity index (χ2v) is 21.7. The molecule has 0 saturated carbocycles. The van der Waals surface area contributed by atoms with Crippen molar-refractivity contribution in [2.24, 2.45) is 0 Å². The van der Waals surface area contributed by atoms with E-state index in [0.29, 0.717) is 0 Å². The summed E-state index contributed by atoms with van der Waals surface area (Å²) in [6.07, 6.45) is 0. The van der Waals surface area contributed by atoms with Gasteiger partial charge in [0.05, 0.1) is 22.5 Å². The van der Waals surface area contributed by atoms with Crippen LogP contribution in [0.3, 0.4) is 0 Å². The number of hydrogen-bond donors (Lipinski definition) is 0. The zero-order valence-electron chi connectivity index (χ0n) is 34.3. The van der Waals surface area contributed by atoms with E-state index in [2.05, 4.69) is 221 Å². The third kappa shape index (κ3) is 3.94. The second-order valence-electron chi connectivity index (χ2n) is 18.1. The van der Waals surface area contributed by atoms with Gasteiger partial charge in [-0.3, -0.25) is 0 Å². The van der Waals surface area contributed by atoms with Crippen LogP contribution in [0.25, 0.3) is 33.0 Å². The predicted molar refractivity (Wildman–Crippen MR) is 254 cm³/mol. The Morgan fingerprint density at radius 1 is 0.367 bits per heavy atom. The molecule has 1 aliphatic carbocycles. The summed E-state index contributed by atoms with van der Waals surface area (Å²) in [7, 11) is -2.79. The Morgan fingerprint density at radius 2 is 0.833 bits per heavy atom. The number of nitrogens with zero attached hydrogens (tertiary/aromatic N) is 1. The van der Waals surface area contributed by atoms with Crippen molar-refractivity contribution in [1.29, 1.82) is 0 Å². The van der Waals surface area contributed by atoms with Crippen LogP contribution in [-0.4, -0.2) is 8.07 Å². The Bertz CT molecular complexity index is 3200. The summed E-state index contributed by atoms with van der Waals surface area (Å²) in [6, 6.07) is 72.9. The lowest BCUT2D eigenvalue weighted by molar-refractivity contribution is 0.556. The van der Waals surface area contributed by atoms with Crippen LogP contribution in [0.5, 0.6) is 0 Å². The molecule has 1 nitrogen and oxygen atoms in total. The van der Waals surface area contributed by atoms with Crippen molar-refractivity contribution in [3.05, 3.63) is 233 Å². The highest BCUT2D eigenvalue weighted by atomic mass is 28.3. The van der Waals surface area contributed by atoms with E-state index >= 15 is 0 Å². The van der Waals surface area contributed by atoms with Crippen LogP contribution in [0, 0.1) is 13.8 Å². The van der Waals surface area contributed by atoms with E-state index in [4.69, 9.17) is 0 Å². The molecule has 284 valence electrons. The third-order valence-corrected chi connectivity index (χ3v) is 19.7. The molecule has 9 aromatic carbocycles. The van der Waals surface area contributed by atoms with Gasteiger partial charge in [-0.05, 0) is 114 Å². The van der Waals surface area contributed by atoms with Crippen LogP contribution in [0.15, 0.2) is 188 Å². The zero-order valence-corrected chi connectivity index (χ0v) is 35.3. The molecule has 0 atom stereocenters. The fraction of sp³-hybridized carbons (Fsp3) is 0.103. The Labute approximate surface area is 353 Å². The van der Waals surface area contributed by atoms with E-state index in [1.807, 2.05) is 0 Å². The summed E-state index contributed by atoms with van der Waals surface area (Å²) >= 11 is 0. The SMILES string of the molecule is Cc1ccc2c(c1)[Si]1(c3cc(C)ccc3-2)c2ccccc2-c2c1cc(N1c3ccccc3C3(c4ccccc41)c1ccccc1C(C)(C)c1ccccc13)c1ccccc21. The van der Waals surface area contributed by atoms with Gasteiger partial charge in [0.2, 0.25) is 0 Å². The standard InChI is InChI=1S/C58H43NSi/c1-36-29-31-39-40-32-30-37(2)34-54(40)60(53(39)33-36)52-28-16-7-19-42(52)56-41-18-6-5-17-38(41)51(35-55(56)60)59-49-26-14-12-24-47(49)58(48-25-13-15-27-50(48)59)45-22-10-8-20-43(45)57(3,4)44-21-9-11-23-46(44)58/h5-35H,1-4H3. The van der Waals surface area contributed by atoms with E-state index in [0.717, 1.165) is 0 Å². The first kappa shape index (κ1) is 34.2. The Balaban J connectivity index is 1.18. The van der Waals surface area contributed by atoms with Crippen LogP contribution in [0.4, 0.5) is 17.1 Å². The van der Waals surface area contributed by atoms with Gasteiger partial charge in [-0.15, -0.1) is 0 Å².